The van der Waals surface area contributed by atoms with E-state index in [9.17, 15) is 13.2 Å². The van der Waals surface area contributed by atoms with Crippen molar-refractivity contribution in [2.24, 2.45) is 35.0 Å². The Labute approximate surface area is 133 Å². The molecule has 0 aromatic heterocycles. The number of nitrogens with one attached hydrogen (secondary N) is 1. The lowest BCUT2D eigenvalue weighted by molar-refractivity contribution is -0.138. The highest BCUT2D eigenvalue weighted by Crippen LogP contribution is 2.56. The van der Waals surface area contributed by atoms with Gasteiger partial charge in [0.25, 0.3) is 0 Å². The second kappa shape index (κ2) is 4.96. The monoisotopic (exact) mass is 325 g/mol. The molecule has 0 aromatic rings. The van der Waals surface area contributed by atoms with E-state index in [1.807, 2.05) is 0 Å². The first-order valence-electron chi connectivity index (χ1n) is 8.79. The molecule has 22 heavy (non-hydrogen) atoms. The SMILES string of the molecule is CS(=O)(=O)CC1(CNC(=O)C2C3CC4CC(C3)CC2C4)CC1. The summed E-state index contributed by atoms with van der Waals surface area (Å²) < 4.78 is 23.0. The first-order valence-corrected chi connectivity index (χ1v) is 10.9. The lowest BCUT2D eigenvalue weighted by atomic mass is 9.51. The Morgan fingerprint density at radius 1 is 1.05 bits per heavy atom. The van der Waals surface area contributed by atoms with Gasteiger partial charge in [0, 0.05) is 24.1 Å². The maximum absolute atomic E-state index is 12.7. The molecule has 5 aliphatic carbocycles. The largest absolute Gasteiger partial charge is 0.355 e. The normalized spacial score (nSPS) is 41.4. The maximum atomic E-state index is 12.7. The molecule has 1 amide bonds. The first-order chi connectivity index (χ1) is 10.3. The minimum atomic E-state index is -2.96. The van der Waals surface area contributed by atoms with Gasteiger partial charge in [-0.3, -0.25) is 4.79 Å². The van der Waals surface area contributed by atoms with Gasteiger partial charge in [-0.15, -0.1) is 0 Å². The van der Waals surface area contributed by atoms with E-state index >= 15 is 0 Å². The highest BCUT2D eigenvalue weighted by Gasteiger charge is 2.51. The van der Waals surface area contributed by atoms with Gasteiger partial charge in [0.2, 0.25) is 5.91 Å². The zero-order valence-electron chi connectivity index (χ0n) is 13.4. The van der Waals surface area contributed by atoms with Crippen LogP contribution in [-0.2, 0) is 14.6 Å². The molecule has 5 saturated carbocycles. The van der Waals surface area contributed by atoms with Crippen molar-refractivity contribution in [3.63, 3.8) is 0 Å². The molecular formula is C17H27NO3S. The fourth-order valence-corrected chi connectivity index (χ4v) is 7.35. The van der Waals surface area contributed by atoms with Gasteiger partial charge in [-0.1, -0.05) is 0 Å². The van der Waals surface area contributed by atoms with E-state index in [-0.39, 0.29) is 23.0 Å². The van der Waals surface area contributed by atoms with Crippen LogP contribution in [0.3, 0.4) is 0 Å². The molecule has 0 spiro atoms. The summed E-state index contributed by atoms with van der Waals surface area (Å²) >= 11 is 0. The molecule has 0 heterocycles. The molecule has 124 valence electrons. The highest BCUT2D eigenvalue weighted by molar-refractivity contribution is 7.90. The number of carbonyl (C=O) groups is 1. The van der Waals surface area contributed by atoms with Crippen LogP contribution in [0.15, 0.2) is 0 Å². The quantitative estimate of drug-likeness (QED) is 0.841. The van der Waals surface area contributed by atoms with Crippen LogP contribution >= 0.6 is 0 Å². The molecule has 0 saturated heterocycles. The minimum Gasteiger partial charge on any atom is -0.355 e. The first kappa shape index (κ1) is 15.0. The van der Waals surface area contributed by atoms with Crippen LogP contribution < -0.4 is 5.32 Å². The molecule has 4 bridgehead atoms. The Morgan fingerprint density at radius 2 is 1.59 bits per heavy atom. The molecule has 0 atom stereocenters. The van der Waals surface area contributed by atoms with E-state index in [1.54, 1.807) is 0 Å². The van der Waals surface area contributed by atoms with Crippen LogP contribution in [0.4, 0.5) is 0 Å². The summed E-state index contributed by atoms with van der Waals surface area (Å²) in [4.78, 5) is 12.7. The van der Waals surface area contributed by atoms with Gasteiger partial charge in [0.1, 0.15) is 9.84 Å². The molecule has 0 aliphatic heterocycles. The van der Waals surface area contributed by atoms with Crippen molar-refractivity contribution >= 4 is 15.7 Å². The van der Waals surface area contributed by atoms with E-state index in [1.165, 1.54) is 38.4 Å². The standard InChI is InChI=1S/C17H27NO3S/c1-22(20,21)10-17(2-3-17)9-18-16(19)15-13-5-11-4-12(7-13)8-14(15)6-11/h11-15H,2-10H2,1H3,(H,18,19). The van der Waals surface area contributed by atoms with Crippen molar-refractivity contribution in [1.82, 2.24) is 5.32 Å². The number of hydrogen-bond donors (Lipinski definition) is 1. The Bertz CT molecular complexity index is 551. The molecule has 1 N–H and O–H groups in total. The summed E-state index contributed by atoms with van der Waals surface area (Å²) in [6.07, 6.45) is 9.56. The summed E-state index contributed by atoms with van der Waals surface area (Å²) in [7, 11) is -2.96. The Morgan fingerprint density at radius 3 is 2.05 bits per heavy atom. The lowest BCUT2D eigenvalue weighted by Gasteiger charge is -2.53. The third-order valence-electron chi connectivity index (χ3n) is 6.69. The molecule has 4 nitrogen and oxygen atoms in total. The average molecular weight is 325 g/mol. The van der Waals surface area contributed by atoms with E-state index in [4.69, 9.17) is 0 Å². The van der Waals surface area contributed by atoms with Crippen molar-refractivity contribution in [2.75, 3.05) is 18.6 Å². The second-order valence-electron chi connectivity index (χ2n) is 8.74. The number of carbonyl (C=O) groups excluding carboxylic acids is 1. The smallest absolute Gasteiger partial charge is 0.223 e. The van der Waals surface area contributed by atoms with Crippen LogP contribution in [0.5, 0.6) is 0 Å². The predicted molar refractivity (Wildman–Crippen MR) is 84.9 cm³/mol. The zero-order valence-corrected chi connectivity index (χ0v) is 14.2. The molecule has 0 unspecified atom stereocenters. The number of amides is 1. The fourth-order valence-electron chi connectivity index (χ4n) is 5.85. The number of sulfone groups is 1. The third kappa shape index (κ3) is 2.81. The molecule has 5 fully saturated rings. The van der Waals surface area contributed by atoms with Crippen molar-refractivity contribution in [3.05, 3.63) is 0 Å². The summed E-state index contributed by atoms with van der Waals surface area (Å²) in [6, 6.07) is 0. The van der Waals surface area contributed by atoms with Crippen molar-refractivity contribution in [2.45, 2.75) is 44.9 Å². The van der Waals surface area contributed by atoms with E-state index in [0.29, 0.717) is 18.4 Å². The van der Waals surface area contributed by atoms with Crippen LogP contribution in [-0.4, -0.2) is 32.9 Å². The van der Waals surface area contributed by atoms with Gasteiger partial charge < -0.3 is 5.32 Å². The molecule has 5 heteroatoms. The highest BCUT2D eigenvalue weighted by atomic mass is 32.2. The van der Waals surface area contributed by atoms with Crippen LogP contribution in [0, 0.1) is 35.0 Å². The molecule has 0 radical (unpaired) electrons. The lowest BCUT2D eigenvalue weighted by Crippen LogP contribution is -2.51. The summed E-state index contributed by atoms with van der Waals surface area (Å²) in [5, 5.41) is 3.13. The Hall–Kier alpha value is -0.580. The van der Waals surface area contributed by atoms with Crippen LogP contribution in [0.1, 0.15) is 44.9 Å². The molecule has 0 aromatic carbocycles. The zero-order chi connectivity index (χ0) is 15.5. The van der Waals surface area contributed by atoms with E-state index < -0.39 is 9.84 Å². The Kier molecular flexibility index (Phi) is 3.37. The van der Waals surface area contributed by atoms with Gasteiger partial charge in [-0.25, -0.2) is 8.42 Å². The summed E-state index contributed by atoms with van der Waals surface area (Å²) in [6.45, 7) is 0.557. The third-order valence-corrected chi connectivity index (χ3v) is 7.83. The Balaban J connectivity index is 1.37. The van der Waals surface area contributed by atoms with Gasteiger partial charge in [0.15, 0.2) is 0 Å². The maximum Gasteiger partial charge on any atom is 0.223 e. The number of rotatable bonds is 5. The van der Waals surface area contributed by atoms with Gasteiger partial charge >= 0.3 is 0 Å². The molecule has 5 aliphatic rings. The van der Waals surface area contributed by atoms with Crippen molar-refractivity contribution in [1.29, 1.82) is 0 Å². The number of hydrogen-bond acceptors (Lipinski definition) is 3. The topological polar surface area (TPSA) is 63.2 Å². The summed E-state index contributed by atoms with van der Waals surface area (Å²) in [5.41, 5.74) is -0.158. The fraction of sp³-hybridized carbons (Fsp3) is 0.941. The van der Waals surface area contributed by atoms with Crippen LogP contribution in [0.25, 0.3) is 0 Å². The van der Waals surface area contributed by atoms with Crippen LogP contribution in [0.2, 0.25) is 0 Å². The second-order valence-corrected chi connectivity index (χ2v) is 10.9. The predicted octanol–water partition coefficient (Wildman–Crippen LogP) is 2.00. The van der Waals surface area contributed by atoms with Crippen molar-refractivity contribution < 1.29 is 13.2 Å². The van der Waals surface area contributed by atoms with Gasteiger partial charge in [0.05, 0.1) is 5.75 Å². The van der Waals surface area contributed by atoms with Gasteiger partial charge in [-0.05, 0) is 68.6 Å². The van der Waals surface area contributed by atoms with E-state index in [0.717, 1.165) is 24.7 Å². The molecule has 5 rings (SSSR count). The molecular weight excluding hydrogens is 298 g/mol. The minimum absolute atomic E-state index is 0.158. The average Bonchev–Trinajstić information content (AvgIpc) is 3.13. The van der Waals surface area contributed by atoms with Crippen molar-refractivity contribution in [3.8, 4) is 0 Å². The summed E-state index contributed by atoms with van der Waals surface area (Å²) in [5.74, 6) is 3.61. The van der Waals surface area contributed by atoms with Gasteiger partial charge in [-0.2, -0.15) is 0 Å². The van der Waals surface area contributed by atoms with E-state index in [2.05, 4.69) is 5.32 Å².